The first kappa shape index (κ1) is 22.0. The van der Waals surface area contributed by atoms with Gasteiger partial charge in [0, 0.05) is 19.3 Å². The molecule has 0 radical (unpaired) electrons. The van der Waals surface area contributed by atoms with Crippen molar-refractivity contribution in [1.82, 2.24) is 9.55 Å². The molecule has 0 aliphatic heterocycles. The van der Waals surface area contributed by atoms with Gasteiger partial charge in [0.1, 0.15) is 23.8 Å². The van der Waals surface area contributed by atoms with Crippen LogP contribution in [0.1, 0.15) is 18.1 Å². The van der Waals surface area contributed by atoms with Crippen LogP contribution >= 0.6 is 0 Å². The minimum atomic E-state index is -0.625. The van der Waals surface area contributed by atoms with E-state index in [4.69, 9.17) is 0 Å². The summed E-state index contributed by atoms with van der Waals surface area (Å²) in [6.07, 6.45) is 5.16. The van der Waals surface area contributed by atoms with E-state index < -0.39 is 11.6 Å². The Morgan fingerprint density at radius 1 is 0.935 bits per heavy atom. The Hall–Kier alpha value is -3.67. The van der Waals surface area contributed by atoms with E-state index in [1.807, 2.05) is 38.1 Å². The summed E-state index contributed by atoms with van der Waals surface area (Å²) in [4.78, 5) is 8.21. The van der Waals surface area contributed by atoms with E-state index in [0.29, 0.717) is 0 Å². The van der Waals surface area contributed by atoms with Crippen molar-refractivity contribution in [2.75, 3.05) is 7.05 Å². The number of fused-ring (bicyclic) bond motifs is 1. The molecule has 0 N–H and O–H groups in total. The van der Waals surface area contributed by atoms with Gasteiger partial charge in [0.15, 0.2) is 0 Å². The maximum atomic E-state index is 14.0. The lowest BCUT2D eigenvalue weighted by Crippen LogP contribution is -1.97. The molecule has 0 aliphatic rings. The fourth-order valence-corrected chi connectivity index (χ4v) is 2.94. The Morgan fingerprint density at radius 3 is 2.29 bits per heavy atom. The summed E-state index contributed by atoms with van der Waals surface area (Å²) in [5.41, 5.74) is 4.88. The van der Waals surface area contributed by atoms with Crippen molar-refractivity contribution in [1.29, 1.82) is 0 Å². The van der Waals surface area contributed by atoms with E-state index in [2.05, 4.69) is 9.98 Å². The zero-order valence-corrected chi connectivity index (χ0v) is 17.5. The van der Waals surface area contributed by atoms with Crippen molar-refractivity contribution < 1.29 is 13.2 Å². The van der Waals surface area contributed by atoms with Crippen LogP contribution in [-0.2, 0) is 0 Å². The third-order valence-electron chi connectivity index (χ3n) is 4.66. The molecule has 31 heavy (non-hydrogen) atoms. The molecule has 0 aliphatic carbocycles. The Balaban J connectivity index is 0.000000287. The van der Waals surface area contributed by atoms with E-state index >= 15 is 0 Å². The Labute approximate surface area is 179 Å². The molecule has 0 saturated heterocycles. The standard InChI is InChI=1S/C18H15F2N3.C7H7F/c1-12(7-8-21-2)13-3-5-16-18(9-13)23(11-22-16)17-6-4-14(19)10-15(17)20;1-6-2-4-7(8)5-3-6/h3-11H,1-2H3;2-5H,1H3/b12-7+,21-8?;. The predicted octanol–water partition coefficient (Wildman–Crippen LogP) is 6.54. The lowest BCUT2D eigenvalue weighted by Gasteiger charge is -2.07. The minimum Gasteiger partial charge on any atom is -0.297 e. The molecule has 0 spiro atoms. The van der Waals surface area contributed by atoms with E-state index in [9.17, 15) is 13.2 Å². The van der Waals surface area contributed by atoms with Crippen LogP contribution < -0.4 is 0 Å². The summed E-state index contributed by atoms with van der Waals surface area (Å²) in [7, 11) is 1.71. The van der Waals surface area contributed by atoms with Gasteiger partial charge < -0.3 is 0 Å². The quantitative estimate of drug-likeness (QED) is 0.345. The van der Waals surface area contributed by atoms with E-state index in [0.717, 1.165) is 33.8 Å². The van der Waals surface area contributed by atoms with Crippen LogP contribution in [0.3, 0.4) is 0 Å². The van der Waals surface area contributed by atoms with Crippen LogP contribution in [0.5, 0.6) is 0 Å². The number of benzene rings is 3. The van der Waals surface area contributed by atoms with Crippen LogP contribution in [-0.4, -0.2) is 22.8 Å². The fraction of sp³-hybridized carbons (Fsp3) is 0.120. The molecule has 1 heterocycles. The molecule has 0 amide bonds. The van der Waals surface area contributed by atoms with E-state index in [1.54, 1.807) is 30.0 Å². The molecule has 0 atom stereocenters. The number of hydrogen-bond donors (Lipinski definition) is 0. The Bertz CT molecular complexity index is 1220. The molecule has 158 valence electrons. The molecule has 4 rings (SSSR count). The van der Waals surface area contributed by atoms with Gasteiger partial charge in [0.05, 0.1) is 16.7 Å². The van der Waals surface area contributed by atoms with Crippen molar-refractivity contribution in [3.63, 3.8) is 0 Å². The van der Waals surface area contributed by atoms with Gasteiger partial charge >= 0.3 is 0 Å². The first-order chi connectivity index (χ1) is 14.9. The van der Waals surface area contributed by atoms with Crippen molar-refractivity contribution in [2.24, 2.45) is 4.99 Å². The van der Waals surface area contributed by atoms with Crippen molar-refractivity contribution in [3.8, 4) is 5.69 Å². The molecule has 3 nitrogen and oxygen atoms in total. The van der Waals surface area contributed by atoms with Gasteiger partial charge in [0.2, 0.25) is 0 Å². The number of hydrogen-bond acceptors (Lipinski definition) is 2. The number of rotatable bonds is 3. The average Bonchev–Trinajstić information content (AvgIpc) is 3.17. The smallest absolute Gasteiger partial charge is 0.150 e. The molecule has 0 saturated carbocycles. The minimum absolute atomic E-state index is 0.171. The molecule has 0 bridgehead atoms. The maximum absolute atomic E-state index is 14.0. The number of aliphatic imine (C=N–C) groups is 1. The Morgan fingerprint density at radius 2 is 1.65 bits per heavy atom. The highest BCUT2D eigenvalue weighted by Crippen LogP contribution is 2.24. The van der Waals surface area contributed by atoms with Crippen molar-refractivity contribution in [2.45, 2.75) is 13.8 Å². The number of allylic oxidation sites excluding steroid dienone is 2. The molecule has 0 fully saturated rings. The molecule has 1 aromatic heterocycles. The summed E-state index contributed by atoms with van der Waals surface area (Å²) in [6, 6.07) is 15.7. The first-order valence-corrected chi connectivity index (χ1v) is 9.63. The van der Waals surface area contributed by atoms with Crippen molar-refractivity contribution >= 4 is 22.8 Å². The molecular formula is C25H22F3N3. The second-order valence-electron chi connectivity index (χ2n) is 6.97. The van der Waals surface area contributed by atoms with E-state index in [-0.39, 0.29) is 11.5 Å². The van der Waals surface area contributed by atoms with Gasteiger partial charge in [-0.25, -0.2) is 18.2 Å². The SMILES string of the molecule is CN=C/C=C(\C)c1ccc2ncn(-c3ccc(F)cc3F)c2c1.Cc1ccc(F)cc1. The van der Waals surface area contributed by atoms with Gasteiger partial charge in [-0.15, -0.1) is 0 Å². The third kappa shape index (κ3) is 5.48. The maximum Gasteiger partial charge on any atom is 0.150 e. The second-order valence-corrected chi connectivity index (χ2v) is 6.97. The zero-order chi connectivity index (χ0) is 22.4. The summed E-state index contributed by atoms with van der Waals surface area (Å²) in [5.74, 6) is -1.40. The number of aromatic nitrogens is 2. The topological polar surface area (TPSA) is 30.2 Å². The zero-order valence-electron chi connectivity index (χ0n) is 17.5. The van der Waals surface area contributed by atoms with Crippen molar-refractivity contribution in [3.05, 3.63) is 102 Å². The summed E-state index contributed by atoms with van der Waals surface area (Å²) < 4.78 is 40.9. The first-order valence-electron chi connectivity index (χ1n) is 9.63. The second kappa shape index (κ2) is 9.89. The van der Waals surface area contributed by atoms with Gasteiger partial charge in [-0.3, -0.25) is 9.56 Å². The van der Waals surface area contributed by atoms with Crippen LogP contribution in [0.25, 0.3) is 22.3 Å². The largest absolute Gasteiger partial charge is 0.297 e. The number of aryl methyl sites for hydroxylation is 1. The van der Waals surface area contributed by atoms with E-state index in [1.165, 1.54) is 30.6 Å². The number of nitrogens with zero attached hydrogens (tertiary/aromatic N) is 3. The molecule has 0 unspecified atom stereocenters. The highest BCUT2D eigenvalue weighted by Gasteiger charge is 2.11. The number of halogens is 3. The lowest BCUT2D eigenvalue weighted by molar-refractivity contribution is 0.578. The van der Waals surface area contributed by atoms with Gasteiger partial charge in [-0.05, 0) is 67.5 Å². The fourth-order valence-electron chi connectivity index (χ4n) is 2.94. The normalized spacial score (nSPS) is 11.6. The van der Waals surface area contributed by atoms with Gasteiger partial charge in [0.25, 0.3) is 0 Å². The van der Waals surface area contributed by atoms with Crippen LogP contribution in [0.4, 0.5) is 13.2 Å². The molecular weight excluding hydrogens is 399 g/mol. The monoisotopic (exact) mass is 421 g/mol. The van der Waals surface area contributed by atoms with Gasteiger partial charge in [-0.2, -0.15) is 0 Å². The van der Waals surface area contributed by atoms with Gasteiger partial charge in [-0.1, -0.05) is 23.8 Å². The predicted molar refractivity (Wildman–Crippen MR) is 120 cm³/mol. The summed E-state index contributed by atoms with van der Waals surface area (Å²) >= 11 is 0. The number of imidazole rings is 1. The summed E-state index contributed by atoms with van der Waals surface area (Å²) in [5, 5.41) is 0. The third-order valence-corrected chi connectivity index (χ3v) is 4.66. The Kier molecular flexibility index (Phi) is 7.03. The molecule has 4 aromatic rings. The highest BCUT2D eigenvalue weighted by molar-refractivity contribution is 5.87. The summed E-state index contributed by atoms with van der Waals surface area (Å²) in [6.45, 7) is 3.90. The lowest BCUT2D eigenvalue weighted by atomic mass is 10.1. The van der Waals surface area contributed by atoms with Crippen LogP contribution in [0.15, 0.2) is 78.1 Å². The van der Waals surface area contributed by atoms with Crippen LogP contribution in [0, 0.1) is 24.4 Å². The average molecular weight is 421 g/mol. The molecule has 3 aromatic carbocycles. The van der Waals surface area contributed by atoms with Crippen LogP contribution in [0.2, 0.25) is 0 Å². The molecule has 6 heteroatoms. The highest BCUT2D eigenvalue weighted by atomic mass is 19.1.